The van der Waals surface area contributed by atoms with Crippen LogP contribution in [0.4, 0.5) is 0 Å². The minimum atomic E-state index is 0.268. The fraction of sp³-hybridized carbons (Fsp3) is 0.562. The number of rotatable bonds is 6. The summed E-state index contributed by atoms with van der Waals surface area (Å²) in [5.41, 5.74) is 3.21. The van der Waals surface area contributed by atoms with E-state index in [1.807, 2.05) is 26.0 Å². The molecule has 0 N–H and O–H groups in total. The predicted octanol–water partition coefficient (Wildman–Crippen LogP) is 3.22. The van der Waals surface area contributed by atoms with E-state index in [9.17, 15) is 4.79 Å². The third-order valence-electron chi connectivity index (χ3n) is 3.53. The van der Waals surface area contributed by atoms with E-state index in [0.29, 0.717) is 6.42 Å². The molecule has 0 aliphatic heterocycles. The standard InChI is InChI=1S/C16H23NO/c1-12-8-13(2)10-15(9-12)16(18)6-7-17(3)11-14-4-5-14/h8-10,14H,4-7,11H2,1-3H3. The topological polar surface area (TPSA) is 20.3 Å². The van der Waals surface area contributed by atoms with E-state index in [1.165, 1.54) is 24.0 Å². The van der Waals surface area contributed by atoms with Crippen LogP contribution in [0.15, 0.2) is 18.2 Å². The van der Waals surface area contributed by atoms with Crippen LogP contribution in [0.3, 0.4) is 0 Å². The highest BCUT2D eigenvalue weighted by molar-refractivity contribution is 5.96. The number of hydrogen-bond acceptors (Lipinski definition) is 2. The number of ketones is 1. The molecule has 2 heteroatoms. The maximum Gasteiger partial charge on any atom is 0.164 e. The molecule has 18 heavy (non-hydrogen) atoms. The number of carbonyl (C=O) groups excluding carboxylic acids is 1. The van der Waals surface area contributed by atoms with Gasteiger partial charge in [-0.15, -0.1) is 0 Å². The van der Waals surface area contributed by atoms with Crippen molar-refractivity contribution in [3.8, 4) is 0 Å². The number of benzene rings is 1. The van der Waals surface area contributed by atoms with E-state index in [4.69, 9.17) is 0 Å². The van der Waals surface area contributed by atoms with Gasteiger partial charge < -0.3 is 4.90 Å². The molecule has 0 amide bonds. The van der Waals surface area contributed by atoms with Gasteiger partial charge in [-0.05, 0) is 51.8 Å². The Morgan fingerprint density at radius 3 is 2.39 bits per heavy atom. The van der Waals surface area contributed by atoms with E-state index < -0.39 is 0 Å². The minimum Gasteiger partial charge on any atom is -0.306 e. The largest absolute Gasteiger partial charge is 0.306 e. The molecule has 2 nitrogen and oxygen atoms in total. The monoisotopic (exact) mass is 245 g/mol. The van der Waals surface area contributed by atoms with E-state index >= 15 is 0 Å². The molecule has 0 radical (unpaired) electrons. The lowest BCUT2D eigenvalue weighted by molar-refractivity contribution is 0.0968. The average molecular weight is 245 g/mol. The van der Waals surface area contributed by atoms with Crippen LogP contribution in [0.5, 0.6) is 0 Å². The third-order valence-corrected chi connectivity index (χ3v) is 3.53. The first kappa shape index (κ1) is 13.3. The highest BCUT2D eigenvalue weighted by atomic mass is 16.1. The summed E-state index contributed by atoms with van der Waals surface area (Å²) in [6.45, 7) is 6.12. The smallest absolute Gasteiger partial charge is 0.164 e. The van der Waals surface area contributed by atoms with Crippen LogP contribution >= 0.6 is 0 Å². The molecule has 0 bridgehead atoms. The van der Waals surface area contributed by atoms with Crippen LogP contribution in [0, 0.1) is 19.8 Å². The molecule has 1 aliphatic carbocycles. The van der Waals surface area contributed by atoms with Gasteiger partial charge in [-0.25, -0.2) is 0 Å². The summed E-state index contributed by atoms with van der Waals surface area (Å²) in [6.07, 6.45) is 3.37. The SMILES string of the molecule is Cc1cc(C)cc(C(=O)CCN(C)CC2CC2)c1. The van der Waals surface area contributed by atoms with E-state index in [2.05, 4.69) is 18.0 Å². The van der Waals surface area contributed by atoms with Gasteiger partial charge in [0.2, 0.25) is 0 Å². The number of aryl methyl sites for hydroxylation is 2. The molecule has 0 aromatic heterocycles. The van der Waals surface area contributed by atoms with Crippen molar-refractivity contribution in [3.63, 3.8) is 0 Å². The maximum atomic E-state index is 12.1. The molecule has 1 aromatic carbocycles. The fourth-order valence-electron chi connectivity index (χ4n) is 2.40. The lowest BCUT2D eigenvalue weighted by atomic mass is 10.0. The van der Waals surface area contributed by atoms with Gasteiger partial charge in [0, 0.05) is 25.1 Å². The molecule has 0 heterocycles. The quantitative estimate of drug-likeness (QED) is 0.717. The molecule has 2 rings (SSSR count). The van der Waals surface area contributed by atoms with Gasteiger partial charge in [0.05, 0.1) is 0 Å². The van der Waals surface area contributed by atoms with Crippen molar-refractivity contribution in [2.45, 2.75) is 33.1 Å². The third kappa shape index (κ3) is 3.95. The van der Waals surface area contributed by atoms with Crippen LogP contribution < -0.4 is 0 Å². The van der Waals surface area contributed by atoms with Crippen LogP contribution in [0.2, 0.25) is 0 Å². The summed E-state index contributed by atoms with van der Waals surface area (Å²) in [5, 5.41) is 0. The molecule has 1 aromatic rings. The maximum absolute atomic E-state index is 12.1. The van der Waals surface area contributed by atoms with Crippen molar-refractivity contribution >= 4 is 5.78 Å². The Bertz CT molecular complexity index is 414. The first-order chi connectivity index (χ1) is 8.54. The Kier molecular flexibility index (Phi) is 4.18. The van der Waals surface area contributed by atoms with Crippen LogP contribution in [0.25, 0.3) is 0 Å². The van der Waals surface area contributed by atoms with E-state index in [0.717, 1.165) is 24.6 Å². The number of hydrogen-bond donors (Lipinski definition) is 0. The number of Topliss-reactive ketones (excluding diaryl/α,β-unsaturated/α-hetero) is 1. The van der Waals surface area contributed by atoms with Gasteiger partial charge >= 0.3 is 0 Å². The molecule has 1 saturated carbocycles. The van der Waals surface area contributed by atoms with Crippen molar-refractivity contribution in [2.75, 3.05) is 20.1 Å². The second kappa shape index (κ2) is 5.66. The van der Waals surface area contributed by atoms with Crippen molar-refractivity contribution < 1.29 is 4.79 Å². The van der Waals surface area contributed by atoms with Crippen molar-refractivity contribution in [1.29, 1.82) is 0 Å². The first-order valence-corrected chi connectivity index (χ1v) is 6.84. The summed E-state index contributed by atoms with van der Waals surface area (Å²) in [5.74, 6) is 1.16. The Labute approximate surface area is 110 Å². The lowest BCUT2D eigenvalue weighted by Crippen LogP contribution is -2.24. The molecule has 1 aliphatic rings. The highest BCUT2D eigenvalue weighted by Gasteiger charge is 2.22. The van der Waals surface area contributed by atoms with Gasteiger partial charge in [-0.2, -0.15) is 0 Å². The Hall–Kier alpha value is -1.15. The number of nitrogens with zero attached hydrogens (tertiary/aromatic N) is 1. The van der Waals surface area contributed by atoms with Gasteiger partial charge in [0.25, 0.3) is 0 Å². The van der Waals surface area contributed by atoms with Crippen molar-refractivity contribution in [2.24, 2.45) is 5.92 Å². The summed E-state index contributed by atoms with van der Waals surface area (Å²) >= 11 is 0. The summed E-state index contributed by atoms with van der Waals surface area (Å²) in [7, 11) is 2.12. The zero-order valence-corrected chi connectivity index (χ0v) is 11.7. The van der Waals surface area contributed by atoms with Gasteiger partial charge in [-0.3, -0.25) is 4.79 Å². The van der Waals surface area contributed by atoms with Gasteiger partial charge in [0.1, 0.15) is 0 Å². The highest BCUT2D eigenvalue weighted by Crippen LogP contribution is 2.29. The van der Waals surface area contributed by atoms with Crippen LogP contribution in [-0.2, 0) is 0 Å². The molecule has 0 atom stereocenters. The summed E-state index contributed by atoms with van der Waals surface area (Å²) < 4.78 is 0. The molecule has 98 valence electrons. The summed E-state index contributed by atoms with van der Waals surface area (Å²) in [6, 6.07) is 6.10. The zero-order valence-electron chi connectivity index (χ0n) is 11.7. The van der Waals surface area contributed by atoms with Gasteiger partial charge in [0.15, 0.2) is 5.78 Å². The van der Waals surface area contributed by atoms with Crippen molar-refractivity contribution in [1.82, 2.24) is 4.90 Å². The first-order valence-electron chi connectivity index (χ1n) is 6.84. The Balaban J connectivity index is 1.86. The average Bonchev–Trinajstić information content (AvgIpc) is 3.08. The molecular formula is C16H23NO. The van der Waals surface area contributed by atoms with E-state index in [-0.39, 0.29) is 5.78 Å². The summed E-state index contributed by atoms with van der Waals surface area (Å²) in [4.78, 5) is 14.4. The molecule has 0 spiro atoms. The number of carbonyl (C=O) groups is 1. The van der Waals surface area contributed by atoms with Crippen LogP contribution in [-0.4, -0.2) is 30.8 Å². The van der Waals surface area contributed by atoms with Gasteiger partial charge in [-0.1, -0.05) is 17.2 Å². The molecule has 1 fully saturated rings. The fourth-order valence-corrected chi connectivity index (χ4v) is 2.40. The van der Waals surface area contributed by atoms with E-state index in [1.54, 1.807) is 0 Å². The molecule has 0 unspecified atom stereocenters. The Morgan fingerprint density at radius 1 is 1.22 bits per heavy atom. The minimum absolute atomic E-state index is 0.268. The van der Waals surface area contributed by atoms with Crippen molar-refractivity contribution in [3.05, 3.63) is 34.9 Å². The second-order valence-electron chi connectivity index (χ2n) is 5.76. The normalized spacial score (nSPS) is 15.1. The molecule has 0 saturated heterocycles. The second-order valence-corrected chi connectivity index (χ2v) is 5.76. The molecular weight excluding hydrogens is 222 g/mol. The predicted molar refractivity (Wildman–Crippen MR) is 75.1 cm³/mol. The zero-order chi connectivity index (χ0) is 13.1. The van der Waals surface area contributed by atoms with Crippen LogP contribution in [0.1, 0.15) is 40.7 Å². The lowest BCUT2D eigenvalue weighted by Gasteiger charge is -2.15. The Morgan fingerprint density at radius 2 is 1.83 bits per heavy atom.